The van der Waals surface area contributed by atoms with Crippen molar-refractivity contribution in [1.29, 1.82) is 0 Å². The van der Waals surface area contributed by atoms with Crippen molar-refractivity contribution in [2.75, 3.05) is 13.6 Å². The number of carbonyl (C=O) groups is 3. The zero-order chi connectivity index (χ0) is 21.1. The zero-order valence-corrected chi connectivity index (χ0v) is 16.6. The number of hydrogen-bond donors (Lipinski definition) is 0. The second kappa shape index (κ2) is 8.29. The van der Waals surface area contributed by atoms with Crippen molar-refractivity contribution in [3.8, 4) is 0 Å². The first-order valence-corrected chi connectivity index (χ1v) is 9.74. The number of nitrogens with zero attached hydrogens (tertiary/aromatic N) is 3. The van der Waals surface area contributed by atoms with Crippen LogP contribution in [-0.4, -0.2) is 46.1 Å². The Balaban J connectivity index is 1.39. The van der Waals surface area contributed by atoms with Gasteiger partial charge < -0.3 is 4.90 Å². The second-order valence-electron chi connectivity index (χ2n) is 7.24. The van der Waals surface area contributed by atoms with E-state index in [2.05, 4.69) is 4.98 Å². The van der Waals surface area contributed by atoms with E-state index in [4.69, 9.17) is 0 Å². The van der Waals surface area contributed by atoms with Gasteiger partial charge >= 0.3 is 0 Å². The van der Waals surface area contributed by atoms with Gasteiger partial charge in [-0.1, -0.05) is 30.3 Å². The van der Waals surface area contributed by atoms with E-state index >= 15 is 0 Å². The molecule has 6 heteroatoms. The molecule has 0 fully saturated rings. The zero-order valence-electron chi connectivity index (χ0n) is 16.6. The average Bonchev–Trinajstić information content (AvgIpc) is 3.03. The minimum atomic E-state index is -0.287. The third-order valence-electron chi connectivity index (χ3n) is 5.20. The predicted octanol–water partition coefficient (Wildman–Crippen LogP) is 3.19. The molecule has 0 spiro atoms. The number of imide groups is 1. The van der Waals surface area contributed by atoms with Gasteiger partial charge in [-0.25, -0.2) is 0 Å². The summed E-state index contributed by atoms with van der Waals surface area (Å²) in [4.78, 5) is 44.8. The molecule has 4 rings (SSSR count). The van der Waals surface area contributed by atoms with Crippen molar-refractivity contribution in [3.05, 3.63) is 101 Å². The summed E-state index contributed by atoms with van der Waals surface area (Å²) in [7, 11) is 1.76. The van der Waals surface area contributed by atoms with Gasteiger partial charge in [-0.05, 0) is 42.0 Å². The van der Waals surface area contributed by atoms with Gasteiger partial charge in [0.2, 0.25) is 0 Å². The molecule has 1 aliphatic heterocycles. The standard InChI is InChI=1S/C24H21N3O3/c1-26(15-13-19-6-4-5-14-25-19)22(28)18-11-9-17(10-12-18)16-27-23(29)20-7-2-3-8-21(20)24(27)30/h2-12,14H,13,15-16H2,1H3. The topological polar surface area (TPSA) is 70.6 Å². The highest BCUT2D eigenvalue weighted by Gasteiger charge is 2.34. The number of benzene rings is 2. The summed E-state index contributed by atoms with van der Waals surface area (Å²) in [6, 6.07) is 19.6. The summed E-state index contributed by atoms with van der Waals surface area (Å²) in [6.07, 6.45) is 2.42. The number of carbonyl (C=O) groups excluding carboxylic acids is 3. The Labute approximate surface area is 174 Å². The summed E-state index contributed by atoms with van der Waals surface area (Å²) >= 11 is 0. The minimum absolute atomic E-state index is 0.0850. The first kappa shape index (κ1) is 19.5. The summed E-state index contributed by atoms with van der Waals surface area (Å²) in [5, 5.41) is 0. The maximum absolute atomic E-state index is 12.7. The van der Waals surface area contributed by atoms with Crippen molar-refractivity contribution in [2.45, 2.75) is 13.0 Å². The van der Waals surface area contributed by atoms with E-state index in [0.717, 1.165) is 11.3 Å². The molecule has 6 nitrogen and oxygen atoms in total. The van der Waals surface area contributed by atoms with Gasteiger partial charge in [0.1, 0.15) is 0 Å². The van der Waals surface area contributed by atoms with Crippen LogP contribution in [0, 0.1) is 0 Å². The van der Waals surface area contributed by atoms with Gasteiger partial charge in [0.05, 0.1) is 17.7 Å². The Morgan fingerprint density at radius 3 is 2.13 bits per heavy atom. The maximum atomic E-state index is 12.7. The van der Waals surface area contributed by atoms with Crippen molar-refractivity contribution in [2.24, 2.45) is 0 Å². The van der Waals surface area contributed by atoms with Gasteiger partial charge in [-0.3, -0.25) is 24.3 Å². The van der Waals surface area contributed by atoms with Crippen molar-refractivity contribution in [3.63, 3.8) is 0 Å². The lowest BCUT2D eigenvalue weighted by atomic mass is 10.1. The normalized spacial score (nSPS) is 12.8. The van der Waals surface area contributed by atoms with Crippen LogP contribution in [0.2, 0.25) is 0 Å². The third kappa shape index (κ3) is 3.85. The Kier molecular flexibility index (Phi) is 5.39. The van der Waals surface area contributed by atoms with Crippen LogP contribution in [0.25, 0.3) is 0 Å². The van der Waals surface area contributed by atoms with Gasteiger partial charge in [0, 0.05) is 37.5 Å². The molecule has 0 bridgehead atoms. The van der Waals surface area contributed by atoms with Gasteiger partial charge in [-0.2, -0.15) is 0 Å². The highest BCUT2D eigenvalue weighted by Crippen LogP contribution is 2.24. The molecule has 0 unspecified atom stereocenters. The highest BCUT2D eigenvalue weighted by atomic mass is 16.2. The monoisotopic (exact) mass is 399 g/mol. The first-order valence-electron chi connectivity index (χ1n) is 9.74. The fourth-order valence-corrected chi connectivity index (χ4v) is 3.47. The van der Waals surface area contributed by atoms with Crippen molar-refractivity contribution < 1.29 is 14.4 Å². The van der Waals surface area contributed by atoms with Crippen LogP contribution in [0.3, 0.4) is 0 Å². The van der Waals surface area contributed by atoms with E-state index in [1.807, 2.05) is 18.2 Å². The lowest BCUT2D eigenvalue weighted by Crippen LogP contribution is -2.30. The van der Waals surface area contributed by atoms with E-state index in [-0.39, 0.29) is 24.3 Å². The lowest BCUT2D eigenvalue weighted by molar-refractivity contribution is 0.0641. The summed E-state index contributed by atoms with van der Waals surface area (Å²) < 4.78 is 0. The molecule has 1 aromatic heterocycles. The molecule has 0 N–H and O–H groups in total. The van der Waals surface area contributed by atoms with Gasteiger partial charge in [0.15, 0.2) is 0 Å². The van der Waals surface area contributed by atoms with E-state index < -0.39 is 0 Å². The number of hydrogen-bond acceptors (Lipinski definition) is 4. The fraction of sp³-hybridized carbons (Fsp3) is 0.167. The van der Waals surface area contributed by atoms with E-state index in [1.54, 1.807) is 66.7 Å². The largest absolute Gasteiger partial charge is 0.341 e. The second-order valence-corrected chi connectivity index (χ2v) is 7.24. The molecule has 2 aromatic carbocycles. The van der Waals surface area contributed by atoms with E-state index in [1.165, 1.54) is 4.90 Å². The summed E-state index contributed by atoms with van der Waals surface area (Å²) in [5.41, 5.74) is 3.16. The van der Waals surface area contributed by atoms with E-state index in [9.17, 15) is 14.4 Å². The highest BCUT2D eigenvalue weighted by molar-refractivity contribution is 6.21. The molecule has 0 aliphatic carbocycles. The molecule has 3 aromatic rings. The predicted molar refractivity (Wildman–Crippen MR) is 112 cm³/mol. The minimum Gasteiger partial charge on any atom is -0.341 e. The van der Waals surface area contributed by atoms with Crippen LogP contribution in [0.15, 0.2) is 72.9 Å². The molecule has 1 aliphatic rings. The molecule has 0 radical (unpaired) electrons. The number of likely N-dealkylation sites (N-methyl/N-ethyl adjacent to an activating group) is 1. The maximum Gasteiger partial charge on any atom is 0.261 e. The first-order chi connectivity index (χ1) is 14.5. The lowest BCUT2D eigenvalue weighted by Gasteiger charge is -2.18. The van der Waals surface area contributed by atoms with Crippen LogP contribution in [0.5, 0.6) is 0 Å². The molecule has 3 amide bonds. The fourth-order valence-electron chi connectivity index (χ4n) is 3.47. The quantitative estimate of drug-likeness (QED) is 0.597. The van der Waals surface area contributed by atoms with Crippen LogP contribution >= 0.6 is 0 Å². The molecule has 2 heterocycles. The smallest absolute Gasteiger partial charge is 0.261 e. The Morgan fingerprint density at radius 1 is 0.900 bits per heavy atom. The molecular formula is C24H21N3O3. The van der Waals surface area contributed by atoms with Crippen LogP contribution < -0.4 is 0 Å². The molecule has 0 saturated heterocycles. The Hall–Kier alpha value is -3.80. The van der Waals surface area contributed by atoms with Crippen molar-refractivity contribution >= 4 is 17.7 Å². The summed E-state index contributed by atoms with van der Waals surface area (Å²) in [5.74, 6) is -0.659. The third-order valence-corrected chi connectivity index (χ3v) is 5.20. The molecular weight excluding hydrogens is 378 g/mol. The number of rotatable bonds is 6. The molecule has 0 saturated carbocycles. The Bertz CT molecular complexity index is 1060. The number of amides is 3. The molecule has 150 valence electrons. The summed E-state index contributed by atoms with van der Waals surface area (Å²) in [6.45, 7) is 0.739. The number of aromatic nitrogens is 1. The number of fused-ring (bicyclic) bond motifs is 1. The molecule has 30 heavy (non-hydrogen) atoms. The van der Waals surface area contributed by atoms with E-state index in [0.29, 0.717) is 29.7 Å². The Morgan fingerprint density at radius 2 is 1.53 bits per heavy atom. The van der Waals surface area contributed by atoms with Crippen LogP contribution in [-0.2, 0) is 13.0 Å². The van der Waals surface area contributed by atoms with Crippen LogP contribution in [0.4, 0.5) is 0 Å². The van der Waals surface area contributed by atoms with Gasteiger partial charge in [0.25, 0.3) is 17.7 Å². The van der Waals surface area contributed by atoms with Crippen LogP contribution in [0.1, 0.15) is 42.3 Å². The van der Waals surface area contributed by atoms with Gasteiger partial charge in [-0.15, -0.1) is 0 Å². The number of pyridine rings is 1. The molecule has 0 atom stereocenters. The van der Waals surface area contributed by atoms with Crippen molar-refractivity contribution in [1.82, 2.24) is 14.8 Å². The SMILES string of the molecule is CN(CCc1ccccn1)C(=O)c1ccc(CN2C(=O)c3ccccc3C2=O)cc1. The average molecular weight is 399 g/mol.